The number of nitrogens with zero attached hydrogens (tertiary/aromatic N) is 3. The molecule has 1 aliphatic carbocycles. The molecule has 1 aliphatic heterocycles. The molecule has 0 radical (unpaired) electrons. The van der Waals surface area contributed by atoms with Gasteiger partial charge in [0.2, 0.25) is 0 Å². The highest BCUT2D eigenvalue weighted by molar-refractivity contribution is 8.14. The molecule has 1 fully saturated rings. The number of anilines is 1. The van der Waals surface area contributed by atoms with Crippen molar-refractivity contribution in [1.82, 2.24) is 9.78 Å². The van der Waals surface area contributed by atoms with Crippen LogP contribution in [0, 0.1) is 0 Å². The lowest BCUT2D eigenvalue weighted by Gasteiger charge is -2.29. The van der Waals surface area contributed by atoms with E-state index in [4.69, 9.17) is 9.73 Å². The van der Waals surface area contributed by atoms with Gasteiger partial charge in [0.25, 0.3) is 0 Å². The molecule has 5 nitrogen and oxygen atoms in total. The second kappa shape index (κ2) is 6.18. The molecule has 0 saturated heterocycles. The van der Waals surface area contributed by atoms with Crippen LogP contribution in [0.25, 0.3) is 0 Å². The minimum atomic E-state index is 0.220. The molecule has 1 N–H and O–H groups in total. The number of thioether (sulfide) groups is 1. The molecule has 1 aromatic rings. The van der Waals surface area contributed by atoms with Gasteiger partial charge in [-0.2, -0.15) is 5.10 Å². The molecule has 0 amide bonds. The van der Waals surface area contributed by atoms with Crippen LogP contribution in [0.2, 0.25) is 0 Å². The molecule has 1 aromatic heterocycles. The van der Waals surface area contributed by atoms with Gasteiger partial charge in [0, 0.05) is 19.1 Å². The van der Waals surface area contributed by atoms with Crippen molar-refractivity contribution in [3.63, 3.8) is 0 Å². The lowest BCUT2D eigenvalue weighted by Crippen LogP contribution is -2.29. The standard InChI is InChI=1S/C14H22N4OS/c1-19-8-7-18-10-12(9-15-18)16-13-17-14(11-20-13)5-3-2-4-6-14/h9-10H,2-8,11H2,1H3,(H,16,17). The van der Waals surface area contributed by atoms with Crippen molar-refractivity contribution in [3.05, 3.63) is 12.4 Å². The summed E-state index contributed by atoms with van der Waals surface area (Å²) >= 11 is 1.85. The Morgan fingerprint density at radius 2 is 2.25 bits per heavy atom. The van der Waals surface area contributed by atoms with Crippen molar-refractivity contribution in [1.29, 1.82) is 0 Å². The molecule has 2 aliphatic rings. The van der Waals surface area contributed by atoms with Crippen LogP contribution in [-0.4, -0.2) is 40.0 Å². The van der Waals surface area contributed by atoms with Gasteiger partial charge in [0.1, 0.15) is 0 Å². The van der Waals surface area contributed by atoms with Crippen molar-refractivity contribution in [2.24, 2.45) is 4.99 Å². The Kier molecular flexibility index (Phi) is 4.31. The molecular weight excluding hydrogens is 272 g/mol. The zero-order valence-corrected chi connectivity index (χ0v) is 12.8. The maximum atomic E-state index is 5.05. The van der Waals surface area contributed by atoms with Crippen LogP contribution in [0.15, 0.2) is 17.4 Å². The van der Waals surface area contributed by atoms with Crippen LogP contribution in [0.3, 0.4) is 0 Å². The van der Waals surface area contributed by atoms with E-state index in [2.05, 4.69) is 10.4 Å². The van der Waals surface area contributed by atoms with E-state index in [0.29, 0.717) is 6.61 Å². The number of methoxy groups -OCH3 is 1. The van der Waals surface area contributed by atoms with Crippen molar-refractivity contribution < 1.29 is 4.74 Å². The predicted molar refractivity (Wildman–Crippen MR) is 83.4 cm³/mol. The first-order valence-electron chi connectivity index (χ1n) is 7.31. The molecule has 0 unspecified atom stereocenters. The third-order valence-corrected chi connectivity index (χ3v) is 5.16. The molecule has 3 rings (SSSR count). The highest BCUT2D eigenvalue weighted by Gasteiger charge is 2.36. The van der Waals surface area contributed by atoms with Gasteiger partial charge in [-0.1, -0.05) is 31.0 Å². The molecule has 1 spiro atoms. The molecule has 1 saturated carbocycles. The summed E-state index contributed by atoms with van der Waals surface area (Å²) in [7, 11) is 1.70. The fourth-order valence-electron chi connectivity index (χ4n) is 2.87. The van der Waals surface area contributed by atoms with Gasteiger partial charge in [0.15, 0.2) is 5.17 Å². The monoisotopic (exact) mass is 294 g/mol. The van der Waals surface area contributed by atoms with Crippen molar-refractivity contribution >= 4 is 22.6 Å². The number of amidine groups is 1. The largest absolute Gasteiger partial charge is 0.383 e. The summed E-state index contributed by atoms with van der Waals surface area (Å²) in [6.45, 7) is 1.46. The smallest absolute Gasteiger partial charge is 0.161 e. The predicted octanol–water partition coefficient (Wildman–Crippen LogP) is 2.75. The number of hydrogen-bond acceptors (Lipinski definition) is 5. The van der Waals surface area contributed by atoms with Gasteiger partial charge in [-0.15, -0.1) is 0 Å². The highest BCUT2D eigenvalue weighted by Crippen LogP contribution is 2.39. The van der Waals surface area contributed by atoms with E-state index in [0.717, 1.165) is 23.2 Å². The minimum absolute atomic E-state index is 0.220. The first-order valence-corrected chi connectivity index (χ1v) is 8.29. The fraction of sp³-hybridized carbons (Fsp3) is 0.714. The second-order valence-corrected chi connectivity index (χ2v) is 6.56. The first-order chi connectivity index (χ1) is 9.80. The Bertz CT molecular complexity index is 479. The summed E-state index contributed by atoms with van der Waals surface area (Å²) in [5.41, 5.74) is 1.23. The van der Waals surface area contributed by atoms with Gasteiger partial charge >= 0.3 is 0 Å². The maximum Gasteiger partial charge on any atom is 0.161 e. The summed E-state index contributed by atoms with van der Waals surface area (Å²) in [5, 5.41) is 8.76. The number of rotatable bonds is 4. The number of hydrogen-bond donors (Lipinski definition) is 1. The van der Waals surface area contributed by atoms with E-state index in [1.54, 1.807) is 7.11 Å². The van der Waals surface area contributed by atoms with E-state index in [1.807, 2.05) is 28.8 Å². The van der Waals surface area contributed by atoms with Crippen LogP contribution in [0.4, 0.5) is 5.69 Å². The summed E-state index contributed by atoms with van der Waals surface area (Å²) in [4.78, 5) is 4.95. The molecule has 6 heteroatoms. The van der Waals surface area contributed by atoms with Gasteiger partial charge in [0.05, 0.1) is 30.6 Å². The number of ether oxygens (including phenoxy) is 1. The third kappa shape index (κ3) is 3.17. The van der Waals surface area contributed by atoms with Gasteiger partial charge < -0.3 is 10.1 Å². The van der Waals surface area contributed by atoms with Crippen molar-refractivity contribution in [2.45, 2.75) is 44.2 Å². The lowest BCUT2D eigenvalue weighted by atomic mass is 9.84. The van der Waals surface area contributed by atoms with Crippen LogP contribution in [0.5, 0.6) is 0 Å². The zero-order valence-electron chi connectivity index (χ0n) is 12.0. The van der Waals surface area contributed by atoms with Crippen LogP contribution >= 0.6 is 11.8 Å². The topological polar surface area (TPSA) is 51.4 Å². The fourth-order valence-corrected chi connectivity index (χ4v) is 4.08. The molecule has 20 heavy (non-hydrogen) atoms. The molecule has 0 bridgehead atoms. The number of nitrogens with one attached hydrogen (secondary N) is 1. The molecule has 0 atom stereocenters. The Labute approximate surface area is 124 Å². The Hall–Kier alpha value is -1.01. The molecule has 2 heterocycles. The molecule has 0 aromatic carbocycles. The Morgan fingerprint density at radius 3 is 3.05 bits per heavy atom. The number of aromatic nitrogens is 2. The highest BCUT2D eigenvalue weighted by atomic mass is 32.2. The number of aliphatic imine (C=N–C) groups is 1. The SMILES string of the molecule is COCCn1cc(NC2=NC3(CCCCC3)CS2)cn1. The third-order valence-electron chi connectivity index (χ3n) is 4.01. The van der Waals surface area contributed by atoms with E-state index >= 15 is 0 Å². The van der Waals surface area contributed by atoms with Crippen LogP contribution < -0.4 is 5.32 Å². The average Bonchev–Trinajstić information content (AvgIpc) is 3.06. The molecular formula is C14H22N4OS. The summed E-state index contributed by atoms with van der Waals surface area (Å²) in [6.07, 6.45) is 10.4. The van der Waals surface area contributed by atoms with Crippen molar-refractivity contribution in [3.8, 4) is 0 Å². The first kappa shape index (κ1) is 13.9. The summed E-state index contributed by atoms with van der Waals surface area (Å²) in [5.74, 6) is 1.13. The lowest BCUT2D eigenvalue weighted by molar-refractivity contribution is 0.183. The minimum Gasteiger partial charge on any atom is -0.383 e. The van der Waals surface area contributed by atoms with Crippen molar-refractivity contribution in [2.75, 3.05) is 24.8 Å². The maximum absolute atomic E-state index is 5.05. The average molecular weight is 294 g/mol. The Balaban J connectivity index is 1.60. The molecule has 110 valence electrons. The van der Waals surface area contributed by atoms with Gasteiger partial charge in [-0.25, -0.2) is 0 Å². The summed E-state index contributed by atoms with van der Waals surface area (Å²) in [6, 6.07) is 0. The summed E-state index contributed by atoms with van der Waals surface area (Å²) < 4.78 is 6.95. The zero-order chi connectivity index (χ0) is 13.8. The van der Waals surface area contributed by atoms with E-state index < -0.39 is 0 Å². The van der Waals surface area contributed by atoms with Crippen LogP contribution in [0.1, 0.15) is 32.1 Å². The normalized spacial score (nSPS) is 21.1. The quantitative estimate of drug-likeness (QED) is 0.927. The van der Waals surface area contributed by atoms with E-state index in [9.17, 15) is 0 Å². The van der Waals surface area contributed by atoms with Gasteiger partial charge in [-0.3, -0.25) is 9.67 Å². The second-order valence-electron chi connectivity index (χ2n) is 5.60. The van der Waals surface area contributed by atoms with E-state index in [1.165, 1.54) is 32.1 Å². The van der Waals surface area contributed by atoms with E-state index in [-0.39, 0.29) is 5.54 Å². The van der Waals surface area contributed by atoms with Gasteiger partial charge in [-0.05, 0) is 12.8 Å². The Morgan fingerprint density at radius 1 is 1.40 bits per heavy atom. The van der Waals surface area contributed by atoms with Crippen LogP contribution in [-0.2, 0) is 11.3 Å².